The fraction of sp³-hybridized carbons (Fsp3) is 0.333. The molecule has 1 aliphatic rings. The van der Waals surface area contributed by atoms with Gasteiger partial charge in [0, 0.05) is 24.7 Å². The molecule has 3 aromatic rings. The number of rotatable bonds is 3. The van der Waals surface area contributed by atoms with Crippen LogP contribution in [0, 0.1) is 0 Å². The van der Waals surface area contributed by atoms with Gasteiger partial charge in [0.1, 0.15) is 0 Å². The molecular weight excluding hydrogens is 358 g/mol. The average Bonchev–Trinajstić information content (AvgIpc) is 3.13. The third kappa shape index (κ3) is 3.60. The summed E-state index contributed by atoms with van der Waals surface area (Å²) in [6, 6.07) is 16.8. The molecule has 0 saturated carbocycles. The molecule has 26 heavy (non-hydrogen) atoms. The van der Waals surface area contributed by atoms with Crippen LogP contribution < -0.4 is 5.32 Å². The molecule has 134 valence electrons. The highest BCUT2D eigenvalue weighted by atomic mass is 32.1. The van der Waals surface area contributed by atoms with Crippen molar-refractivity contribution in [1.82, 2.24) is 9.88 Å². The predicted molar refractivity (Wildman–Crippen MR) is 115 cm³/mol. The molecule has 1 N–H and O–H groups in total. The lowest BCUT2D eigenvalue weighted by Crippen LogP contribution is -2.40. The number of fused-ring (bicyclic) bond motifs is 1. The Balaban J connectivity index is 1.39. The lowest BCUT2D eigenvalue weighted by Gasteiger charge is -2.33. The van der Waals surface area contributed by atoms with E-state index in [9.17, 15) is 0 Å². The van der Waals surface area contributed by atoms with Gasteiger partial charge in [0.05, 0.1) is 15.2 Å². The maximum absolute atomic E-state index is 5.67. The highest BCUT2D eigenvalue weighted by Gasteiger charge is 2.24. The van der Waals surface area contributed by atoms with Crippen molar-refractivity contribution in [2.75, 3.05) is 18.4 Å². The Morgan fingerprint density at radius 2 is 1.88 bits per heavy atom. The van der Waals surface area contributed by atoms with Crippen LogP contribution in [0.1, 0.15) is 36.3 Å². The van der Waals surface area contributed by atoms with Crippen LogP contribution in [0.15, 0.2) is 48.5 Å². The number of thiazole rings is 1. The van der Waals surface area contributed by atoms with Gasteiger partial charge in [-0.15, -0.1) is 11.3 Å². The average molecular weight is 382 g/mol. The highest BCUT2D eigenvalue weighted by molar-refractivity contribution is 7.80. The SMILES string of the molecule is CCc1ccccc1NC(=S)N1CCC(c2nc3ccccc3s2)CC1. The summed E-state index contributed by atoms with van der Waals surface area (Å²) in [7, 11) is 0. The van der Waals surface area contributed by atoms with E-state index in [2.05, 4.69) is 65.7 Å². The van der Waals surface area contributed by atoms with E-state index in [0.717, 1.165) is 48.7 Å². The lowest BCUT2D eigenvalue weighted by molar-refractivity contribution is 0.316. The summed E-state index contributed by atoms with van der Waals surface area (Å²) in [5.41, 5.74) is 3.57. The van der Waals surface area contributed by atoms with Gasteiger partial charge in [0.15, 0.2) is 5.11 Å². The molecule has 5 heteroatoms. The van der Waals surface area contributed by atoms with E-state index in [1.54, 1.807) is 0 Å². The highest BCUT2D eigenvalue weighted by Crippen LogP contribution is 2.34. The normalized spacial score (nSPS) is 15.3. The number of para-hydroxylation sites is 2. The molecule has 0 atom stereocenters. The molecule has 0 unspecified atom stereocenters. The first-order valence-electron chi connectivity index (χ1n) is 9.24. The van der Waals surface area contributed by atoms with Gasteiger partial charge in [-0.3, -0.25) is 0 Å². The van der Waals surface area contributed by atoms with Crippen molar-refractivity contribution < 1.29 is 0 Å². The monoisotopic (exact) mass is 381 g/mol. The predicted octanol–water partition coefficient (Wildman–Crippen LogP) is 5.44. The molecule has 3 nitrogen and oxygen atoms in total. The summed E-state index contributed by atoms with van der Waals surface area (Å²) >= 11 is 7.52. The summed E-state index contributed by atoms with van der Waals surface area (Å²) in [5, 5.41) is 5.57. The third-order valence-electron chi connectivity index (χ3n) is 5.08. The third-order valence-corrected chi connectivity index (χ3v) is 6.64. The second-order valence-corrected chi connectivity index (χ2v) is 8.17. The number of aryl methyl sites for hydroxylation is 1. The van der Waals surface area contributed by atoms with E-state index in [1.807, 2.05) is 11.3 Å². The fourth-order valence-electron chi connectivity index (χ4n) is 3.54. The largest absolute Gasteiger partial charge is 0.349 e. The van der Waals surface area contributed by atoms with Gasteiger partial charge in [-0.1, -0.05) is 37.3 Å². The van der Waals surface area contributed by atoms with Crippen LogP contribution in [0.3, 0.4) is 0 Å². The number of hydrogen-bond donors (Lipinski definition) is 1. The Morgan fingerprint density at radius 1 is 1.15 bits per heavy atom. The first-order valence-corrected chi connectivity index (χ1v) is 10.5. The molecule has 1 aromatic heterocycles. The minimum absolute atomic E-state index is 0.550. The van der Waals surface area contributed by atoms with E-state index in [4.69, 9.17) is 17.2 Å². The summed E-state index contributed by atoms with van der Waals surface area (Å²) < 4.78 is 1.29. The zero-order valence-corrected chi connectivity index (χ0v) is 16.6. The molecular formula is C21H23N3S2. The number of thiocarbonyl (C=S) groups is 1. The molecule has 0 bridgehead atoms. The number of benzene rings is 2. The molecule has 0 amide bonds. The van der Waals surface area contributed by atoms with Gasteiger partial charge < -0.3 is 10.2 Å². The van der Waals surface area contributed by atoms with Crippen LogP contribution in [0.25, 0.3) is 10.2 Å². The number of anilines is 1. The molecule has 1 saturated heterocycles. The maximum Gasteiger partial charge on any atom is 0.173 e. The molecule has 0 spiro atoms. The van der Waals surface area contributed by atoms with Gasteiger partial charge >= 0.3 is 0 Å². The smallest absolute Gasteiger partial charge is 0.173 e. The second kappa shape index (κ2) is 7.72. The number of nitrogens with zero attached hydrogens (tertiary/aromatic N) is 2. The van der Waals surface area contributed by atoms with E-state index in [-0.39, 0.29) is 0 Å². The quantitative estimate of drug-likeness (QED) is 0.612. The number of hydrogen-bond acceptors (Lipinski definition) is 3. The molecule has 1 aliphatic heterocycles. The standard InChI is InChI=1S/C21H23N3S2/c1-2-15-7-3-4-8-17(15)23-21(25)24-13-11-16(12-14-24)20-22-18-9-5-6-10-19(18)26-20/h3-10,16H,2,11-14H2,1H3,(H,23,25). The summed E-state index contributed by atoms with van der Waals surface area (Å²) in [6.07, 6.45) is 3.22. The summed E-state index contributed by atoms with van der Waals surface area (Å²) in [6.45, 7) is 4.15. The topological polar surface area (TPSA) is 28.2 Å². The Labute approximate surface area is 164 Å². The van der Waals surface area contributed by atoms with Crippen molar-refractivity contribution in [3.63, 3.8) is 0 Å². The molecule has 1 fully saturated rings. The zero-order valence-electron chi connectivity index (χ0n) is 14.9. The van der Waals surface area contributed by atoms with Gasteiger partial charge in [-0.25, -0.2) is 4.98 Å². The van der Waals surface area contributed by atoms with E-state index < -0.39 is 0 Å². The Hall–Kier alpha value is -1.98. The first kappa shape index (κ1) is 17.4. The molecule has 4 rings (SSSR count). The molecule has 0 radical (unpaired) electrons. The van der Waals surface area contributed by atoms with Gasteiger partial charge in [0.2, 0.25) is 0 Å². The number of piperidine rings is 1. The van der Waals surface area contributed by atoms with Crippen molar-refractivity contribution >= 4 is 44.6 Å². The van der Waals surface area contributed by atoms with Crippen molar-refractivity contribution in [2.45, 2.75) is 32.1 Å². The van der Waals surface area contributed by atoms with Gasteiger partial charge in [-0.2, -0.15) is 0 Å². The number of likely N-dealkylation sites (tertiary alicyclic amines) is 1. The first-order chi connectivity index (χ1) is 12.7. The fourth-order valence-corrected chi connectivity index (χ4v) is 4.97. The molecule has 2 aromatic carbocycles. The molecule has 2 heterocycles. The Bertz CT molecular complexity index is 877. The maximum atomic E-state index is 5.67. The van der Waals surface area contributed by atoms with Crippen LogP contribution >= 0.6 is 23.6 Å². The van der Waals surface area contributed by atoms with Crippen LogP contribution in [-0.2, 0) is 6.42 Å². The molecule has 0 aliphatic carbocycles. The van der Waals surface area contributed by atoms with Gasteiger partial charge in [-0.05, 0) is 55.2 Å². The summed E-state index contributed by atoms with van der Waals surface area (Å²) in [5.74, 6) is 0.550. The van der Waals surface area contributed by atoms with Crippen molar-refractivity contribution in [3.05, 3.63) is 59.1 Å². The second-order valence-electron chi connectivity index (χ2n) is 6.72. The summed E-state index contributed by atoms with van der Waals surface area (Å²) in [4.78, 5) is 7.15. The Morgan fingerprint density at radius 3 is 2.65 bits per heavy atom. The number of nitrogens with one attached hydrogen (secondary N) is 1. The van der Waals surface area contributed by atoms with Crippen LogP contribution in [0.4, 0.5) is 5.69 Å². The van der Waals surface area contributed by atoms with Crippen molar-refractivity contribution in [2.24, 2.45) is 0 Å². The van der Waals surface area contributed by atoms with Crippen LogP contribution in [0.2, 0.25) is 0 Å². The van der Waals surface area contributed by atoms with Crippen LogP contribution in [0.5, 0.6) is 0 Å². The van der Waals surface area contributed by atoms with Crippen molar-refractivity contribution in [1.29, 1.82) is 0 Å². The Kier molecular flexibility index (Phi) is 5.18. The lowest BCUT2D eigenvalue weighted by atomic mass is 9.98. The van der Waals surface area contributed by atoms with E-state index >= 15 is 0 Å². The zero-order chi connectivity index (χ0) is 17.9. The number of aromatic nitrogens is 1. The minimum Gasteiger partial charge on any atom is -0.349 e. The van der Waals surface area contributed by atoms with E-state index in [1.165, 1.54) is 15.3 Å². The van der Waals surface area contributed by atoms with Crippen LogP contribution in [-0.4, -0.2) is 28.1 Å². The van der Waals surface area contributed by atoms with E-state index in [0.29, 0.717) is 5.92 Å². The van der Waals surface area contributed by atoms with Gasteiger partial charge in [0.25, 0.3) is 0 Å². The minimum atomic E-state index is 0.550. The van der Waals surface area contributed by atoms with Crippen molar-refractivity contribution in [3.8, 4) is 0 Å².